The molecule has 1 aliphatic heterocycles. The van der Waals surface area contributed by atoms with E-state index < -0.39 is 0 Å². The van der Waals surface area contributed by atoms with Crippen LogP contribution < -0.4 is 21.9 Å². The Morgan fingerprint density at radius 2 is 1.69 bits per heavy atom. The molecule has 0 radical (unpaired) electrons. The highest BCUT2D eigenvalue weighted by molar-refractivity contribution is 5.64. The van der Waals surface area contributed by atoms with Crippen LogP contribution in [0, 0.1) is 0 Å². The van der Waals surface area contributed by atoms with Gasteiger partial charge in [-0.2, -0.15) is 9.97 Å². The van der Waals surface area contributed by atoms with E-state index in [4.69, 9.17) is 15.6 Å². The lowest BCUT2D eigenvalue weighted by Crippen LogP contribution is -2.22. The Labute approximate surface area is 170 Å². The Morgan fingerprint density at radius 3 is 2.38 bits per heavy atom. The largest absolute Gasteiger partial charge is 0.376 e. The summed E-state index contributed by atoms with van der Waals surface area (Å²) in [7, 11) is 0. The van der Waals surface area contributed by atoms with Crippen molar-refractivity contribution in [2.24, 2.45) is 5.84 Å². The lowest BCUT2D eigenvalue weighted by atomic mass is 10.1. The van der Waals surface area contributed by atoms with Crippen molar-refractivity contribution in [3.63, 3.8) is 0 Å². The third kappa shape index (κ3) is 5.01. The van der Waals surface area contributed by atoms with Gasteiger partial charge < -0.3 is 20.8 Å². The Balaban J connectivity index is 1.64. The summed E-state index contributed by atoms with van der Waals surface area (Å²) in [6.45, 7) is 1.52. The van der Waals surface area contributed by atoms with Gasteiger partial charge in [0.15, 0.2) is 5.82 Å². The molecule has 29 heavy (non-hydrogen) atoms. The predicted octanol–water partition coefficient (Wildman–Crippen LogP) is 3.69. The van der Waals surface area contributed by atoms with Gasteiger partial charge in [-0.3, -0.25) is 0 Å². The molecule has 0 spiro atoms. The maximum absolute atomic E-state index is 5.83. The Bertz CT molecular complexity index is 913. The number of ether oxygens (including phenoxy) is 1. The second kappa shape index (κ2) is 9.36. The normalized spacial score (nSPS) is 15.8. The number of anilines is 4. The van der Waals surface area contributed by atoms with Gasteiger partial charge in [0, 0.05) is 30.8 Å². The van der Waals surface area contributed by atoms with Gasteiger partial charge in [-0.25, -0.2) is 5.84 Å². The Hall–Kier alpha value is -3.16. The average molecular weight is 390 g/mol. The molecule has 4 rings (SSSR count). The topological polar surface area (TPSA) is 97.1 Å². The highest BCUT2D eigenvalue weighted by Gasteiger charge is 2.19. The molecule has 150 valence electrons. The van der Waals surface area contributed by atoms with Crippen molar-refractivity contribution in [1.82, 2.24) is 9.97 Å². The van der Waals surface area contributed by atoms with Crippen LogP contribution >= 0.6 is 0 Å². The molecule has 0 amide bonds. The van der Waals surface area contributed by atoms with Crippen molar-refractivity contribution in [2.75, 3.05) is 29.2 Å². The first kappa shape index (κ1) is 19.2. The molecule has 0 saturated carbocycles. The van der Waals surface area contributed by atoms with E-state index in [0.717, 1.165) is 42.1 Å². The van der Waals surface area contributed by atoms with Crippen LogP contribution in [-0.4, -0.2) is 29.2 Å². The van der Waals surface area contributed by atoms with Crippen LogP contribution in [0.2, 0.25) is 0 Å². The van der Waals surface area contributed by atoms with Crippen molar-refractivity contribution in [1.29, 1.82) is 0 Å². The van der Waals surface area contributed by atoms with Crippen molar-refractivity contribution in [3.05, 3.63) is 71.8 Å². The van der Waals surface area contributed by atoms with Crippen LogP contribution in [-0.2, 0) is 11.2 Å². The summed E-state index contributed by atoms with van der Waals surface area (Å²) < 4.78 is 5.75. The monoisotopic (exact) mass is 390 g/mol. The number of nitrogens with zero attached hydrogens (tertiary/aromatic N) is 2. The summed E-state index contributed by atoms with van der Waals surface area (Å²) in [5, 5.41) is 6.71. The van der Waals surface area contributed by atoms with Crippen molar-refractivity contribution in [2.45, 2.75) is 25.4 Å². The van der Waals surface area contributed by atoms with E-state index in [1.165, 1.54) is 0 Å². The fourth-order valence-corrected chi connectivity index (χ4v) is 3.44. The van der Waals surface area contributed by atoms with Gasteiger partial charge in [0.2, 0.25) is 5.95 Å². The first-order chi connectivity index (χ1) is 14.3. The number of nitrogens with one attached hydrogen (secondary N) is 3. The van der Waals surface area contributed by atoms with Crippen molar-refractivity contribution >= 4 is 23.3 Å². The number of para-hydroxylation sites is 1. The Morgan fingerprint density at radius 1 is 0.966 bits per heavy atom. The molecule has 1 fully saturated rings. The van der Waals surface area contributed by atoms with Gasteiger partial charge in [-0.05, 0) is 30.5 Å². The van der Waals surface area contributed by atoms with Gasteiger partial charge in [0.25, 0.3) is 0 Å². The van der Waals surface area contributed by atoms with E-state index >= 15 is 0 Å². The molecule has 1 saturated heterocycles. The molecule has 1 atom stereocenters. The number of hydrogen-bond donors (Lipinski definition) is 4. The van der Waals surface area contributed by atoms with Crippen molar-refractivity contribution < 1.29 is 4.74 Å². The standard InChI is InChI=1S/C22H26N6O/c23-28-21-19(14-16-8-3-1-4-9-16)20(24-15-18-12-7-13-29-18)26-22(27-21)25-17-10-5-2-6-11-17/h1-6,8-11,18H,7,12-15,23H2,(H3,24,25,26,27,28). The van der Waals surface area contributed by atoms with Gasteiger partial charge in [-0.15, -0.1) is 0 Å². The number of hydrogen-bond acceptors (Lipinski definition) is 7. The highest BCUT2D eigenvalue weighted by Crippen LogP contribution is 2.27. The van der Waals surface area contributed by atoms with Gasteiger partial charge >= 0.3 is 0 Å². The van der Waals surface area contributed by atoms with Crippen LogP contribution in [0.1, 0.15) is 24.0 Å². The molecule has 3 aromatic rings. The molecular weight excluding hydrogens is 364 g/mol. The smallest absolute Gasteiger partial charge is 0.231 e. The summed E-state index contributed by atoms with van der Waals surface area (Å²) in [5.41, 5.74) is 5.75. The van der Waals surface area contributed by atoms with E-state index in [0.29, 0.717) is 24.7 Å². The average Bonchev–Trinajstić information content (AvgIpc) is 3.28. The highest BCUT2D eigenvalue weighted by atomic mass is 16.5. The molecule has 1 unspecified atom stereocenters. The van der Waals surface area contributed by atoms with Crippen LogP contribution in [0.25, 0.3) is 0 Å². The van der Waals surface area contributed by atoms with E-state index in [-0.39, 0.29) is 6.10 Å². The lowest BCUT2D eigenvalue weighted by molar-refractivity contribution is 0.120. The maximum atomic E-state index is 5.83. The molecule has 0 bridgehead atoms. The predicted molar refractivity (Wildman–Crippen MR) is 116 cm³/mol. The second-order valence-corrected chi connectivity index (χ2v) is 7.04. The third-order valence-electron chi connectivity index (χ3n) is 4.92. The van der Waals surface area contributed by atoms with E-state index in [1.54, 1.807) is 0 Å². The summed E-state index contributed by atoms with van der Waals surface area (Å²) in [5.74, 6) is 7.67. The molecule has 1 aliphatic rings. The van der Waals surface area contributed by atoms with Gasteiger partial charge in [0.1, 0.15) is 5.82 Å². The zero-order chi connectivity index (χ0) is 19.9. The van der Waals surface area contributed by atoms with Gasteiger partial charge in [-0.1, -0.05) is 48.5 Å². The lowest BCUT2D eigenvalue weighted by Gasteiger charge is -2.18. The zero-order valence-corrected chi connectivity index (χ0v) is 16.3. The fourth-order valence-electron chi connectivity index (χ4n) is 3.44. The van der Waals surface area contributed by atoms with Crippen LogP contribution in [0.5, 0.6) is 0 Å². The molecule has 2 heterocycles. The third-order valence-corrected chi connectivity index (χ3v) is 4.92. The maximum Gasteiger partial charge on any atom is 0.231 e. The summed E-state index contributed by atoms with van der Waals surface area (Å²) in [6, 6.07) is 20.1. The van der Waals surface area contributed by atoms with Gasteiger partial charge in [0.05, 0.1) is 6.10 Å². The molecule has 7 heteroatoms. The van der Waals surface area contributed by atoms with E-state index in [9.17, 15) is 0 Å². The van der Waals surface area contributed by atoms with Crippen LogP contribution in [0.3, 0.4) is 0 Å². The SMILES string of the molecule is NNc1nc(Nc2ccccc2)nc(NCC2CCCO2)c1Cc1ccccc1. The second-order valence-electron chi connectivity index (χ2n) is 7.04. The summed E-state index contributed by atoms with van der Waals surface area (Å²) >= 11 is 0. The first-order valence-electron chi connectivity index (χ1n) is 9.91. The number of nitrogens with two attached hydrogens (primary N) is 1. The van der Waals surface area contributed by atoms with E-state index in [1.807, 2.05) is 48.5 Å². The number of aromatic nitrogens is 2. The number of rotatable bonds is 8. The summed E-state index contributed by atoms with van der Waals surface area (Å²) in [4.78, 5) is 9.34. The number of nitrogen functional groups attached to an aromatic ring is 1. The van der Waals surface area contributed by atoms with Crippen molar-refractivity contribution in [3.8, 4) is 0 Å². The quantitative estimate of drug-likeness (QED) is 0.344. The molecule has 7 nitrogen and oxygen atoms in total. The number of hydrazine groups is 1. The van der Waals surface area contributed by atoms with Crippen LogP contribution in [0.4, 0.5) is 23.3 Å². The van der Waals surface area contributed by atoms with Crippen LogP contribution in [0.15, 0.2) is 60.7 Å². The molecule has 5 N–H and O–H groups in total. The van der Waals surface area contributed by atoms with E-state index in [2.05, 4.69) is 33.2 Å². The fraction of sp³-hybridized carbons (Fsp3) is 0.273. The minimum atomic E-state index is 0.203. The summed E-state index contributed by atoms with van der Waals surface area (Å²) in [6.07, 6.45) is 3.03. The minimum absolute atomic E-state index is 0.203. The molecule has 2 aromatic carbocycles. The molecular formula is C22H26N6O. The molecule has 1 aromatic heterocycles. The Kier molecular flexibility index (Phi) is 6.19. The number of benzene rings is 2. The first-order valence-corrected chi connectivity index (χ1v) is 9.91. The minimum Gasteiger partial charge on any atom is -0.376 e. The molecule has 0 aliphatic carbocycles. The zero-order valence-electron chi connectivity index (χ0n) is 16.3.